The highest BCUT2D eigenvalue weighted by molar-refractivity contribution is 5.46. The number of nitrogens with one attached hydrogen (secondary N) is 2. The first-order chi connectivity index (χ1) is 9.79. The minimum atomic E-state index is 0.443. The molecule has 1 heterocycles. The third-order valence-corrected chi connectivity index (χ3v) is 3.18. The second kappa shape index (κ2) is 7.48. The minimum Gasteiger partial charge on any atom is -0.370 e. The second-order valence-electron chi connectivity index (χ2n) is 4.91. The van der Waals surface area contributed by atoms with E-state index in [4.69, 9.17) is 0 Å². The van der Waals surface area contributed by atoms with Crippen molar-refractivity contribution in [3.05, 3.63) is 48.3 Å². The molecule has 0 aliphatic rings. The van der Waals surface area contributed by atoms with E-state index in [1.807, 2.05) is 12.1 Å². The van der Waals surface area contributed by atoms with Gasteiger partial charge in [0, 0.05) is 19.2 Å². The van der Waals surface area contributed by atoms with Crippen molar-refractivity contribution >= 4 is 11.6 Å². The van der Waals surface area contributed by atoms with Crippen molar-refractivity contribution < 1.29 is 0 Å². The lowest BCUT2D eigenvalue weighted by molar-refractivity contribution is 0.801. The van der Waals surface area contributed by atoms with E-state index in [2.05, 4.69) is 58.7 Å². The molecule has 4 nitrogen and oxygen atoms in total. The van der Waals surface area contributed by atoms with E-state index < -0.39 is 0 Å². The number of aromatic nitrogens is 2. The van der Waals surface area contributed by atoms with E-state index in [-0.39, 0.29) is 0 Å². The molecular formula is C16H22N4. The maximum atomic E-state index is 4.25. The molecule has 1 aromatic heterocycles. The number of rotatable bonds is 7. The van der Waals surface area contributed by atoms with Crippen LogP contribution in [0.3, 0.4) is 0 Å². The van der Waals surface area contributed by atoms with Crippen molar-refractivity contribution in [2.45, 2.75) is 26.2 Å². The largest absolute Gasteiger partial charge is 0.370 e. The second-order valence-corrected chi connectivity index (χ2v) is 4.91. The average Bonchev–Trinajstić information content (AvgIpc) is 2.52. The Hall–Kier alpha value is -2.10. The van der Waals surface area contributed by atoms with Gasteiger partial charge in [-0.2, -0.15) is 0 Å². The molecule has 0 amide bonds. The lowest BCUT2D eigenvalue weighted by atomic mass is 10.0. The first kappa shape index (κ1) is 14.3. The van der Waals surface area contributed by atoms with Gasteiger partial charge in [0.15, 0.2) is 0 Å². The topological polar surface area (TPSA) is 49.8 Å². The summed E-state index contributed by atoms with van der Waals surface area (Å²) in [5, 5.41) is 6.63. The maximum absolute atomic E-state index is 4.25. The van der Waals surface area contributed by atoms with Gasteiger partial charge < -0.3 is 10.6 Å². The Morgan fingerprint density at radius 1 is 1.05 bits per heavy atom. The van der Waals surface area contributed by atoms with Crippen LogP contribution in [-0.2, 0) is 0 Å². The van der Waals surface area contributed by atoms with Crippen molar-refractivity contribution in [2.75, 3.05) is 23.7 Å². The maximum Gasteiger partial charge on any atom is 0.131 e. The minimum absolute atomic E-state index is 0.443. The standard InChI is InChI=1S/C16H22N4/c1-3-9-17-15-10-16(20-12-19-15)18-11-13(2)14-7-5-4-6-8-14/h4-8,10,12-13H,3,9,11H2,1-2H3,(H2,17,18,19,20). The summed E-state index contributed by atoms with van der Waals surface area (Å²) in [6, 6.07) is 12.4. The molecule has 0 fully saturated rings. The molecule has 106 valence electrons. The van der Waals surface area contributed by atoms with Crippen LogP contribution in [0.5, 0.6) is 0 Å². The molecule has 0 spiro atoms. The predicted octanol–water partition coefficient (Wildman–Crippen LogP) is 3.51. The number of anilines is 2. The Labute approximate surface area is 120 Å². The molecule has 0 saturated carbocycles. The summed E-state index contributed by atoms with van der Waals surface area (Å²) in [4.78, 5) is 8.45. The van der Waals surface area contributed by atoms with Crippen LogP contribution in [0.25, 0.3) is 0 Å². The van der Waals surface area contributed by atoms with Crippen LogP contribution in [0.2, 0.25) is 0 Å². The average molecular weight is 270 g/mol. The van der Waals surface area contributed by atoms with Crippen molar-refractivity contribution in [3.63, 3.8) is 0 Å². The van der Waals surface area contributed by atoms with Gasteiger partial charge in [-0.3, -0.25) is 0 Å². The Kier molecular flexibility index (Phi) is 5.35. The van der Waals surface area contributed by atoms with E-state index in [0.717, 1.165) is 31.1 Å². The van der Waals surface area contributed by atoms with E-state index in [9.17, 15) is 0 Å². The molecule has 4 heteroatoms. The van der Waals surface area contributed by atoms with Crippen LogP contribution in [0.1, 0.15) is 31.7 Å². The predicted molar refractivity (Wildman–Crippen MR) is 84.2 cm³/mol. The summed E-state index contributed by atoms with van der Waals surface area (Å²) in [7, 11) is 0. The molecule has 1 atom stereocenters. The van der Waals surface area contributed by atoms with Gasteiger partial charge in [-0.05, 0) is 17.9 Å². The van der Waals surface area contributed by atoms with Gasteiger partial charge in [-0.25, -0.2) is 9.97 Å². The molecule has 0 bridgehead atoms. The van der Waals surface area contributed by atoms with E-state index >= 15 is 0 Å². The number of hydrogen-bond acceptors (Lipinski definition) is 4. The summed E-state index contributed by atoms with van der Waals surface area (Å²) in [5.41, 5.74) is 1.33. The van der Waals surface area contributed by atoms with E-state index in [0.29, 0.717) is 5.92 Å². The van der Waals surface area contributed by atoms with Crippen LogP contribution < -0.4 is 10.6 Å². The molecule has 2 N–H and O–H groups in total. The smallest absolute Gasteiger partial charge is 0.131 e. The summed E-state index contributed by atoms with van der Waals surface area (Å²) in [6.07, 6.45) is 2.67. The molecule has 1 unspecified atom stereocenters. The van der Waals surface area contributed by atoms with Crippen LogP contribution >= 0.6 is 0 Å². The van der Waals surface area contributed by atoms with Crippen molar-refractivity contribution in [3.8, 4) is 0 Å². The van der Waals surface area contributed by atoms with Crippen LogP contribution in [0, 0.1) is 0 Å². The summed E-state index contributed by atoms with van der Waals surface area (Å²) in [6.45, 7) is 6.12. The van der Waals surface area contributed by atoms with Crippen molar-refractivity contribution in [2.24, 2.45) is 0 Å². The van der Waals surface area contributed by atoms with Crippen molar-refractivity contribution in [1.82, 2.24) is 9.97 Å². The number of hydrogen-bond donors (Lipinski definition) is 2. The highest BCUT2D eigenvalue weighted by atomic mass is 15.1. The fourth-order valence-electron chi connectivity index (χ4n) is 1.96. The molecule has 0 saturated heterocycles. The van der Waals surface area contributed by atoms with Gasteiger partial charge in [0.05, 0.1) is 0 Å². The van der Waals surface area contributed by atoms with E-state index in [1.165, 1.54) is 5.56 Å². The zero-order chi connectivity index (χ0) is 14.2. The number of benzene rings is 1. The van der Waals surface area contributed by atoms with Crippen LogP contribution in [-0.4, -0.2) is 23.1 Å². The molecule has 0 aliphatic heterocycles. The first-order valence-electron chi connectivity index (χ1n) is 7.14. The first-order valence-corrected chi connectivity index (χ1v) is 7.14. The van der Waals surface area contributed by atoms with Crippen LogP contribution in [0.4, 0.5) is 11.6 Å². The Bertz CT molecular complexity index is 513. The molecule has 20 heavy (non-hydrogen) atoms. The molecular weight excluding hydrogens is 248 g/mol. The fourth-order valence-corrected chi connectivity index (χ4v) is 1.96. The summed E-state index contributed by atoms with van der Waals surface area (Å²) in [5.74, 6) is 2.18. The lowest BCUT2D eigenvalue weighted by Gasteiger charge is -2.14. The third-order valence-electron chi connectivity index (χ3n) is 3.18. The fraction of sp³-hybridized carbons (Fsp3) is 0.375. The quantitative estimate of drug-likeness (QED) is 0.808. The Balaban J connectivity index is 1.90. The Morgan fingerprint density at radius 2 is 1.75 bits per heavy atom. The zero-order valence-electron chi connectivity index (χ0n) is 12.1. The molecule has 1 aromatic carbocycles. The van der Waals surface area contributed by atoms with Gasteiger partial charge in [-0.1, -0.05) is 44.2 Å². The normalized spacial score (nSPS) is 11.9. The highest BCUT2D eigenvalue weighted by Gasteiger charge is 2.05. The highest BCUT2D eigenvalue weighted by Crippen LogP contribution is 2.16. The van der Waals surface area contributed by atoms with E-state index in [1.54, 1.807) is 6.33 Å². The summed E-state index contributed by atoms with van der Waals surface area (Å²) >= 11 is 0. The van der Waals surface area contributed by atoms with Crippen LogP contribution in [0.15, 0.2) is 42.7 Å². The molecule has 2 rings (SSSR count). The number of nitrogens with zero attached hydrogens (tertiary/aromatic N) is 2. The zero-order valence-corrected chi connectivity index (χ0v) is 12.1. The molecule has 2 aromatic rings. The van der Waals surface area contributed by atoms with Gasteiger partial charge in [0.1, 0.15) is 18.0 Å². The lowest BCUT2D eigenvalue weighted by Crippen LogP contribution is -2.11. The molecule has 0 radical (unpaired) electrons. The Morgan fingerprint density at radius 3 is 2.45 bits per heavy atom. The van der Waals surface area contributed by atoms with Gasteiger partial charge in [-0.15, -0.1) is 0 Å². The SMILES string of the molecule is CCCNc1cc(NCC(C)c2ccccc2)ncn1. The molecule has 0 aliphatic carbocycles. The van der Waals surface area contributed by atoms with Gasteiger partial charge >= 0.3 is 0 Å². The van der Waals surface area contributed by atoms with Gasteiger partial charge in [0.2, 0.25) is 0 Å². The third kappa shape index (κ3) is 4.23. The van der Waals surface area contributed by atoms with Crippen molar-refractivity contribution in [1.29, 1.82) is 0 Å². The van der Waals surface area contributed by atoms with Gasteiger partial charge in [0.25, 0.3) is 0 Å². The summed E-state index contributed by atoms with van der Waals surface area (Å²) < 4.78 is 0. The monoisotopic (exact) mass is 270 g/mol.